The number of hydrogen-bond donors (Lipinski definition) is 1. The Bertz CT molecular complexity index is 462. The van der Waals surface area contributed by atoms with Crippen molar-refractivity contribution in [2.45, 2.75) is 25.7 Å². The van der Waals surface area contributed by atoms with Gasteiger partial charge in [0.15, 0.2) is 0 Å². The van der Waals surface area contributed by atoms with Gasteiger partial charge in [-0.2, -0.15) is 8.78 Å². The summed E-state index contributed by atoms with van der Waals surface area (Å²) in [5.74, 6) is -2.78. The van der Waals surface area contributed by atoms with E-state index in [1.54, 1.807) is 23.1 Å². The summed E-state index contributed by atoms with van der Waals surface area (Å²) >= 11 is 0. The maximum atomic E-state index is 14.2. The fraction of sp³-hybridized carbons (Fsp3) is 0.533. The largest absolute Gasteiger partial charge is 0.411 e. The Balaban J connectivity index is 2.03. The topological polar surface area (TPSA) is 35.8 Å². The van der Waals surface area contributed by atoms with E-state index in [4.69, 9.17) is 5.21 Å². The van der Waals surface area contributed by atoms with Crippen molar-refractivity contribution in [2.75, 3.05) is 19.6 Å². The number of alkyl halides is 2. The van der Waals surface area contributed by atoms with Crippen LogP contribution in [-0.2, 0) is 5.92 Å². The molecule has 1 aliphatic heterocycles. The zero-order valence-corrected chi connectivity index (χ0v) is 11.6. The summed E-state index contributed by atoms with van der Waals surface area (Å²) in [4.78, 5) is 1.76. The number of benzene rings is 1. The molecule has 0 radical (unpaired) electrons. The molecule has 1 atom stereocenters. The van der Waals surface area contributed by atoms with Crippen LogP contribution in [-0.4, -0.2) is 35.5 Å². The molecule has 0 aliphatic carbocycles. The van der Waals surface area contributed by atoms with Crippen LogP contribution >= 0.6 is 0 Å². The van der Waals surface area contributed by atoms with Gasteiger partial charge in [-0.1, -0.05) is 42.4 Å². The summed E-state index contributed by atoms with van der Waals surface area (Å²) in [6.07, 6.45) is 1.35. The fourth-order valence-electron chi connectivity index (χ4n) is 2.68. The van der Waals surface area contributed by atoms with Gasteiger partial charge in [-0.25, -0.2) is 0 Å². The van der Waals surface area contributed by atoms with Gasteiger partial charge in [-0.15, -0.1) is 0 Å². The highest BCUT2D eigenvalue weighted by Gasteiger charge is 2.36. The summed E-state index contributed by atoms with van der Waals surface area (Å²) in [6, 6.07) is 7.91. The van der Waals surface area contributed by atoms with Crippen LogP contribution in [0.25, 0.3) is 0 Å². The molecule has 3 nitrogen and oxygen atoms in total. The quantitative estimate of drug-likeness (QED) is 0.679. The lowest BCUT2D eigenvalue weighted by molar-refractivity contribution is -0.0409. The van der Waals surface area contributed by atoms with Crippen LogP contribution in [0.3, 0.4) is 0 Å². The third kappa shape index (κ3) is 3.33. The van der Waals surface area contributed by atoms with Crippen LogP contribution in [0.1, 0.15) is 25.3 Å². The molecule has 0 saturated carbocycles. The molecule has 20 heavy (non-hydrogen) atoms. The van der Waals surface area contributed by atoms with Gasteiger partial charge in [0.2, 0.25) is 0 Å². The molecule has 1 fully saturated rings. The van der Waals surface area contributed by atoms with Crippen LogP contribution in [0.4, 0.5) is 8.78 Å². The molecular formula is C15H20F2N2O. The van der Waals surface area contributed by atoms with E-state index in [0.717, 1.165) is 12.1 Å². The van der Waals surface area contributed by atoms with Gasteiger partial charge in [0.1, 0.15) is 0 Å². The van der Waals surface area contributed by atoms with E-state index < -0.39 is 5.92 Å². The van der Waals surface area contributed by atoms with Crippen molar-refractivity contribution in [2.24, 2.45) is 11.1 Å². The number of rotatable bonds is 4. The molecule has 1 aromatic carbocycles. The lowest BCUT2D eigenvalue weighted by Crippen LogP contribution is -2.45. The minimum atomic E-state index is -2.85. The Morgan fingerprint density at radius 1 is 1.35 bits per heavy atom. The second kappa shape index (κ2) is 6.31. The molecule has 1 unspecified atom stereocenters. The zero-order chi connectivity index (χ0) is 14.6. The monoisotopic (exact) mass is 282 g/mol. The first kappa shape index (κ1) is 14.9. The molecule has 1 aromatic rings. The molecule has 1 aliphatic rings. The van der Waals surface area contributed by atoms with Gasteiger partial charge < -0.3 is 5.21 Å². The maximum absolute atomic E-state index is 14.2. The summed E-state index contributed by atoms with van der Waals surface area (Å²) in [7, 11) is 0. The zero-order valence-electron chi connectivity index (χ0n) is 11.6. The highest BCUT2D eigenvalue weighted by molar-refractivity contribution is 5.87. The molecular weight excluding hydrogens is 262 g/mol. The average molecular weight is 282 g/mol. The van der Waals surface area contributed by atoms with E-state index in [0.29, 0.717) is 19.5 Å². The van der Waals surface area contributed by atoms with Gasteiger partial charge in [0, 0.05) is 31.0 Å². The second-order valence-corrected chi connectivity index (χ2v) is 5.25. The Kier molecular flexibility index (Phi) is 4.70. The summed E-state index contributed by atoms with van der Waals surface area (Å²) < 4.78 is 28.5. The molecule has 0 bridgehead atoms. The summed E-state index contributed by atoms with van der Waals surface area (Å²) in [5.41, 5.74) is 0.779. The van der Waals surface area contributed by atoms with Gasteiger partial charge in [0.05, 0.1) is 12.3 Å². The van der Waals surface area contributed by atoms with Gasteiger partial charge in [-0.3, -0.25) is 4.90 Å². The molecule has 1 heterocycles. The van der Waals surface area contributed by atoms with Crippen LogP contribution in [0, 0.1) is 5.92 Å². The minimum absolute atomic E-state index is 0.0506. The van der Waals surface area contributed by atoms with Crippen molar-refractivity contribution >= 4 is 5.71 Å². The number of likely N-dealkylation sites (tertiary alicyclic amines) is 1. The molecule has 110 valence electrons. The molecule has 0 amide bonds. The second-order valence-electron chi connectivity index (χ2n) is 5.25. The van der Waals surface area contributed by atoms with Crippen LogP contribution < -0.4 is 0 Å². The summed E-state index contributed by atoms with van der Waals surface area (Å²) in [5, 5.41) is 12.2. The van der Waals surface area contributed by atoms with Crippen molar-refractivity contribution in [3.63, 3.8) is 0 Å². The van der Waals surface area contributed by atoms with E-state index in [1.807, 2.05) is 6.92 Å². The summed E-state index contributed by atoms with van der Waals surface area (Å²) in [6.45, 7) is 2.73. The lowest BCUT2D eigenvalue weighted by atomic mass is 9.92. The first-order valence-electron chi connectivity index (χ1n) is 6.93. The van der Waals surface area contributed by atoms with Gasteiger partial charge in [-0.05, 0) is 6.42 Å². The molecule has 1 N–H and O–H groups in total. The third-order valence-electron chi connectivity index (χ3n) is 3.87. The van der Waals surface area contributed by atoms with E-state index in [2.05, 4.69) is 5.16 Å². The molecule has 0 spiro atoms. The normalized spacial score (nSPS) is 23.1. The number of nitrogens with zero attached hydrogens (tertiary/aromatic N) is 2. The van der Waals surface area contributed by atoms with Crippen LogP contribution in [0.5, 0.6) is 0 Å². The van der Waals surface area contributed by atoms with Crippen molar-refractivity contribution in [1.29, 1.82) is 0 Å². The van der Waals surface area contributed by atoms with E-state index in [1.165, 1.54) is 12.1 Å². The highest BCUT2D eigenvalue weighted by atomic mass is 19.3. The molecule has 5 heteroatoms. The van der Waals surface area contributed by atoms with Crippen LogP contribution in [0.15, 0.2) is 35.5 Å². The number of halogens is 2. The lowest BCUT2D eigenvalue weighted by Gasteiger charge is -2.35. The number of piperidine rings is 1. The Morgan fingerprint density at radius 3 is 2.65 bits per heavy atom. The van der Waals surface area contributed by atoms with E-state index in [9.17, 15) is 8.78 Å². The molecule has 2 rings (SSSR count). The van der Waals surface area contributed by atoms with Crippen molar-refractivity contribution in [3.05, 3.63) is 35.9 Å². The predicted molar refractivity (Wildman–Crippen MR) is 74.4 cm³/mol. The maximum Gasteiger partial charge on any atom is 0.285 e. The van der Waals surface area contributed by atoms with E-state index >= 15 is 0 Å². The Hall–Kier alpha value is -1.49. The molecule has 1 saturated heterocycles. The SMILES string of the molecule is CCC1CN(CC(F)(F)c2ccccc2)CC/C1=N\O. The van der Waals surface area contributed by atoms with Gasteiger partial charge in [0.25, 0.3) is 5.92 Å². The molecule has 0 aromatic heterocycles. The van der Waals surface area contributed by atoms with Crippen molar-refractivity contribution in [1.82, 2.24) is 4.90 Å². The van der Waals surface area contributed by atoms with Crippen molar-refractivity contribution < 1.29 is 14.0 Å². The number of hydrogen-bond acceptors (Lipinski definition) is 3. The average Bonchev–Trinajstić information content (AvgIpc) is 2.47. The smallest absolute Gasteiger partial charge is 0.285 e. The first-order valence-corrected chi connectivity index (χ1v) is 6.93. The highest BCUT2D eigenvalue weighted by Crippen LogP contribution is 2.30. The predicted octanol–water partition coefficient (Wildman–Crippen LogP) is 3.34. The fourth-order valence-corrected chi connectivity index (χ4v) is 2.68. The van der Waals surface area contributed by atoms with Gasteiger partial charge >= 0.3 is 0 Å². The van der Waals surface area contributed by atoms with E-state index in [-0.39, 0.29) is 18.0 Å². The Labute approximate surface area is 117 Å². The van der Waals surface area contributed by atoms with Crippen molar-refractivity contribution in [3.8, 4) is 0 Å². The standard InChI is InChI=1S/C15H20F2N2O/c1-2-12-10-19(9-8-14(12)18-20)11-15(16,17)13-6-4-3-5-7-13/h3-7,12,20H,2,8-11H2,1H3/b18-14+. The van der Waals surface area contributed by atoms with Crippen LogP contribution in [0.2, 0.25) is 0 Å². The Morgan fingerprint density at radius 2 is 2.05 bits per heavy atom. The number of oxime groups is 1. The first-order chi connectivity index (χ1) is 9.56. The minimum Gasteiger partial charge on any atom is -0.411 e. The third-order valence-corrected chi connectivity index (χ3v) is 3.87.